The molecule has 4 heteroatoms. The summed E-state index contributed by atoms with van der Waals surface area (Å²) in [6.07, 6.45) is 0.633. The maximum atomic E-state index is 7.79. The lowest BCUT2D eigenvalue weighted by atomic mass is 10.1. The average molecular weight is 165 g/mol. The average Bonchev–Trinajstić information content (AvgIpc) is 2.34. The van der Waals surface area contributed by atoms with Gasteiger partial charge in [0.25, 0.3) is 0 Å². The summed E-state index contributed by atoms with van der Waals surface area (Å²) < 4.78 is 0. The van der Waals surface area contributed by atoms with Crippen LogP contribution in [0.2, 0.25) is 6.32 Å². The monoisotopic (exact) mass is 165 g/mol. The maximum absolute atomic E-state index is 7.79. The van der Waals surface area contributed by atoms with Crippen LogP contribution in [0, 0.1) is 5.41 Å². The van der Waals surface area contributed by atoms with Crippen LogP contribution in [0.5, 0.6) is 0 Å². The minimum Gasteiger partial charge on any atom is -0.342 e. The van der Waals surface area contributed by atoms with Crippen LogP contribution in [0.4, 0.5) is 0 Å². The van der Waals surface area contributed by atoms with Gasteiger partial charge in [0.05, 0.1) is 7.85 Å². The molecule has 1 aliphatic rings. The molecule has 1 rings (SSSR count). The fourth-order valence-corrected chi connectivity index (χ4v) is 1.50. The highest BCUT2D eigenvalue weighted by Gasteiger charge is 2.25. The molecule has 3 nitrogen and oxygen atoms in total. The molecule has 0 aliphatic carbocycles. The summed E-state index contributed by atoms with van der Waals surface area (Å²) in [7, 11) is 5.44. The van der Waals surface area contributed by atoms with E-state index in [9.17, 15) is 0 Å². The molecule has 0 unspecified atom stereocenters. The van der Waals surface area contributed by atoms with Crippen LogP contribution < -0.4 is 0 Å². The molecule has 0 aromatic heterocycles. The molecule has 0 saturated carbocycles. The van der Waals surface area contributed by atoms with Crippen molar-refractivity contribution < 1.29 is 0 Å². The molecule has 0 amide bonds. The maximum Gasteiger partial charge on any atom is 0.194 e. The number of nitrogens with zero attached hydrogens (tertiary/aromatic N) is 2. The van der Waals surface area contributed by atoms with Gasteiger partial charge < -0.3 is 9.80 Å². The molecular formula is C8H16BN3. The molecule has 0 atom stereocenters. The molecule has 2 radical (unpaired) electrons. The minimum absolute atomic E-state index is 0.431. The van der Waals surface area contributed by atoms with Gasteiger partial charge in [0.2, 0.25) is 0 Å². The summed E-state index contributed by atoms with van der Waals surface area (Å²) in [5.74, 6) is 0.635. The lowest BCUT2D eigenvalue weighted by Gasteiger charge is -2.24. The van der Waals surface area contributed by atoms with E-state index < -0.39 is 0 Å². The van der Waals surface area contributed by atoms with E-state index >= 15 is 0 Å². The smallest absolute Gasteiger partial charge is 0.194 e. The molecule has 1 aliphatic heterocycles. The van der Waals surface area contributed by atoms with E-state index in [0.29, 0.717) is 18.3 Å². The molecule has 1 fully saturated rings. The van der Waals surface area contributed by atoms with Gasteiger partial charge >= 0.3 is 0 Å². The van der Waals surface area contributed by atoms with Gasteiger partial charge in [0, 0.05) is 25.7 Å². The first kappa shape index (κ1) is 9.42. The summed E-state index contributed by atoms with van der Waals surface area (Å²) in [5, 5.41) is 7.79. The second kappa shape index (κ2) is 3.83. The molecule has 66 valence electrons. The van der Waals surface area contributed by atoms with E-state index in [1.54, 1.807) is 0 Å². The second-order valence-corrected chi connectivity index (χ2v) is 3.39. The number of guanidine groups is 1. The number of hydrogen-bond donors (Lipinski definition) is 1. The van der Waals surface area contributed by atoms with Crippen LogP contribution in [0.15, 0.2) is 0 Å². The Kier molecular flexibility index (Phi) is 3.01. The highest BCUT2D eigenvalue weighted by Crippen LogP contribution is 2.10. The predicted molar refractivity (Wildman–Crippen MR) is 51.7 cm³/mol. The molecule has 12 heavy (non-hydrogen) atoms. The minimum atomic E-state index is 0.431. The zero-order chi connectivity index (χ0) is 9.14. The van der Waals surface area contributed by atoms with Gasteiger partial charge in [-0.3, -0.25) is 5.41 Å². The summed E-state index contributed by atoms with van der Waals surface area (Å²) in [6.45, 7) is 6.95. The number of hydrogen-bond acceptors (Lipinski definition) is 1. The van der Waals surface area contributed by atoms with Gasteiger partial charge in [-0.1, -0.05) is 6.32 Å². The van der Waals surface area contributed by atoms with E-state index in [4.69, 9.17) is 13.3 Å². The Morgan fingerprint density at radius 1 is 1.50 bits per heavy atom. The molecule has 1 heterocycles. The van der Waals surface area contributed by atoms with E-state index in [2.05, 4.69) is 18.7 Å². The van der Waals surface area contributed by atoms with E-state index in [1.165, 1.54) is 0 Å². The van der Waals surface area contributed by atoms with Crippen LogP contribution in [0.25, 0.3) is 0 Å². The topological polar surface area (TPSA) is 30.3 Å². The predicted octanol–water partition coefficient (Wildman–Crippen LogP) is 0.534. The molecule has 0 spiro atoms. The molecular weight excluding hydrogens is 149 g/mol. The Hall–Kier alpha value is -0.665. The third-order valence-electron chi connectivity index (χ3n) is 2.20. The van der Waals surface area contributed by atoms with E-state index in [0.717, 1.165) is 19.6 Å². The fourth-order valence-electron chi connectivity index (χ4n) is 1.50. The largest absolute Gasteiger partial charge is 0.342 e. The van der Waals surface area contributed by atoms with Crippen LogP contribution in [-0.4, -0.2) is 49.3 Å². The standard InChI is InChI=1S/C8H16BN3/c1-7(2)12-6-5-11(4-3-9)8(12)10/h7,10H,3-6H2,1-2H3. The highest BCUT2D eigenvalue weighted by atomic mass is 15.4. The lowest BCUT2D eigenvalue weighted by molar-refractivity contribution is 0.381. The molecule has 0 aromatic rings. The Bertz CT molecular complexity index is 170. The normalized spacial score (nSPS) is 18.1. The third kappa shape index (κ3) is 1.73. The quantitative estimate of drug-likeness (QED) is 0.618. The van der Waals surface area contributed by atoms with E-state index in [-0.39, 0.29) is 0 Å². The molecule has 0 bridgehead atoms. The van der Waals surface area contributed by atoms with Crippen molar-refractivity contribution in [2.24, 2.45) is 0 Å². The van der Waals surface area contributed by atoms with Gasteiger partial charge in [-0.25, -0.2) is 0 Å². The van der Waals surface area contributed by atoms with Crippen molar-refractivity contribution in [1.29, 1.82) is 5.41 Å². The van der Waals surface area contributed by atoms with Crippen LogP contribution in [-0.2, 0) is 0 Å². The fraction of sp³-hybridized carbons (Fsp3) is 0.875. The van der Waals surface area contributed by atoms with Gasteiger partial charge in [-0.15, -0.1) is 0 Å². The Labute approximate surface area is 75.6 Å². The molecule has 0 aromatic carbocycles. The summed E-state index contributed by atoms with van der Waals surface area (Å²) in [5.41, 5.74) is 0. The van der Waals surface area contributed by atoms with Crippen molar-refractivity contribution >= 4 is 13.8 Å². The Morgan fingerprint density at radius 2 is 2.17 bits per heavy atom. The van der Waals surface area contributed by atoms with Crippen molar-refractivity contribution in [3.63, 3.8) is 0 Å². The van der Waals surface area contributed by atoms with Crippen molar-refractivity contribution in [2.75, 3.05) is 19.6 Å². The molecule has 1 N–H and O–H groups in total. The number of nitrogens with one attached hydrogen (secondary N) is 1. The van der Waals surface area contributed by atoms with Crippen LogP contribution in [0.1, 0.15) is 13.8 Å². The van der Waals surface area contributed by atoms with Crippen LogP contribution >= 0.6 is 0 Å². The first-order chi connectivity index (χ1) is 5.66. The van der Waals surface area contributed by atoms with Gasteiger partial charge in [-0.2, -0.15) is 0 Å². The Morgan fingerprint density at radius 3 is 2.58 bits per heavy atom. The zero-order valence-corrected chi connectivity index (χ0v) is 7.88. The Balaban J connectivity index is 2.49. The second-order valence-electron chi connectivity index (χ2n) is 3.39. The summed E-state index contributed by atoms with van der Waals surface area (Å²) >= 11 is 0. The van der Waals surface area contributed by atoms with Gasteiger partial charge in [0.1, 0.15) is 0 Å². The lowest BCUT2D eigenvalue weighted by Crippen LogP contribution is -2.37. The SMILES string of the molecule is [B]CCN1CCN(C(C)C)C1=N. The third-order valence-corrected chi connectivity index (χ3v) is 2.20. The first-order valence-electron chi connectivity index (χ1n) is 4.47. The first-order valence-corrected chi connectivity index (χ1v) is 4.47. The summed E-state index contributed by atoms with van der Waals surface area (Å²) in [6, 6.07) is 0.431. The van der Waals surface area contributed by atoms with Crippen molar-refractivity contribution in [3.05, 3.63) is 0 Å². The zero-order valence-electron chi connectivity index (χ0n) is 7.88. The summed E-state index contributed by atoms with van der Waals surface area (Å²) in [4.78, 5) is 4.12. The van der Waals surface area contributed by atoms with E-state index in [1.807, 2.05) is 4.90 Å². The highest BCUT2D eigenvalue weighted by molar-refractivity contribution is 6.08. The van der Waals surface area contributed by atoms with Crippen LogP contribution in [0.3, 0.4) is 0 Å². The van der Waals surface area contributed by atoms with Crippen molar-refractivity contribution in [3.8, 4) is 0 Å². The van der Waals surface area contributed by atoms with Crippen molar-refractivity contribution in [1.82, 2.24) is 9.80 Å². The molecule has 1 saturated heterocycles. The van der Waals surface area contributed by atoms with Gasteiger partial charge in [0.15, 0.2) is 5.96 Å². The van der Waals surface area contributed by atoms with Crippen molar-refractivity contribution in [2.45, 2.75) is 26.2 Å². The van der Waals surface area contributed by atoms with Gasteiger partial charge in [-0.05, 0) is 13.8 Å². The number of rotatable bonds is 3.